The molecule has 13 heteroatoms. The van der Waals surface area contributed by atoms with E-state index in [4.69, 9.17) is 0 Å². The molecule has 2 atom stereocenters. The summed E-state index contributed by atoms with van der Waals surface area (Å²) < 4.78 is 11.8. The fourth-order valence-electron chi connectivity index (χ4n) is 12.1. The molecule has 12 rings (SSSR count). The van der Waals surface area contributed by atoms with Crippen LogP contribution in [0.25, 0.3) is 26.5 Å². The van der Waals surface area contributed by atoms with Gasteiger partial charge in [-0.25, -0.2) is 0 Å². The van der Waals surface area contributed by atoms with Gasteiger partial charge in [-0.05, 0) is 196 Å². The molecule has 4 aliphatic rings. The molecule has 2 aromatic heterocycles. The number of anilines is 2. The Kier molecular flexibility index (Phi) is 22.3. The molecule has 0 radical (unpaired) electrons. The molecule has 2 unspecified atom stereocenters. The SMILES string of the molecule is CCCCCN1/C(=C/C2=CC(Cc3sc4cc(C)ccc4[n+]3CC)CC(C)(C)C2)Sc2cc(C)ccc21.Cc1ccc(SOO[O-])cc1.Cc1ccc2c(c1)SC(=CC1=CC(=Cc3sc4cc(C)ccc4[n+]3C)CC(c3ccccc3)C1)N2C.[I-]. The lowest BCUT2D eigenvalue weighted by atomic mass is 9.72. The summed E-state index contributed by atoms with van der Waals surface area (Å²) in [6.45, 7) is 22.4. The fraction of sp³-hybridized carbons (Fsp3) is 0.333. The van der Waals surface area contributed by atoms with Crippen LogP contribution in [0, 0.1) is 46.0 Å². The van der Waals surface area contributed by atoms with Crippen LogP contribution in [-0.2, 0) is 29.4 Å². The second kappa shape index (κ2) is 29.4. The van der Waals surface area contributed by atoms with E-state index in [0.717, 1.165) is 61.3 Å². The summed E-state index contributed by atoms with van der Waals surface area (Å²) in [7, 11) is 4.38. The zero-order chi connectivity index (χ0) is 59.1. The molecule has 2 aliphatic heterocycles. The van der Waals surface area contributed by atoms with Crippen LogP contribution in [0.15, 0.2) is 193 Å². The number of allylic oxidation sites excluding steroid dienone is 7. The van der Waals surface area contributed by atoms with Gasteiger partial charge < -0.3 is 39.0 Å². The molecule has 4 heterocycles. The molecule has 0 bridgehead atoms. The number of hydrogen-bond acceptors (Lipinski definition) is 10. The van der Waals surface area contributed by atoms with E-state index in [1.807, 2.05) is 77.4 Å². The summed E-state index contributed by atoms with van der Waals surface area (Å²) in [6.07, 6.45) is 21.9. The van der Waals surface area contributed by atoms with Crippen LogP contribution in [0.3, 0.4) is 0 Å². The zero-order valence-electron chi connectivity index (χ0n) is 51.2. The summed E-state index contributed by atoms with van der Waals surface area (Å²) in [5.74, 6) is 1.06. The van der Waals surface area contributed by atoms with Crippen LogP contribution in [0.4, 0.5) is 11.4 Å². The Hall–Kier alpha value is -4.94. The van der Waals surface area contributed by atoms with Crippen LogP contribution in [0.2, 0.25) is 0 Å². The predicted octanol–water partition coefficient (Wildman–Crippen LogP) is 15.9. The standard InChI is InChI=1S/C33H43N2S2.C32H31N2S2.C7H8O3S.HI/c1-7-9-10-15-35-28-14-12-24(4)17-30(28)37-32(35)20-26-18-25(21-33(5,6)22-26)19-31-34(8-2)27-13-11-23(3)16-29(27)36-31;1-21-10-12-27-29(14-21)35-31(33(27)3)19-23-16-24(18-26(17-23)25-8-6-5-7-9-25)20-32-34(4)28-13-11-22(2)15-30(28)36-32;1-6-2-4-7(5-3-6)11-10-9-8;/h11-14,16-18,20,25H,7-10,15,19,21-22H2,1-6H3;5-16,19-20,26H,17-18H2,1-4H3;2-5,8H,1H3;1H/q2*+1;;/p-2/b32-20-;;;. The number of unbranched alkanes of at least 4 members (excludes halogenated alkanes) is 2. The van der Waals surface area contributed by atoms with Crippen LogP contribution >= 0.6 is 58.2 Å². The van der Waals surface area contributed by atoms with Crippen molar-refractivity contribution in [3.8, 4) is 0 Å². The maximum absolute atomic E-state index is 9.43. The topological polar surface area (TPSA) is 55.8 Å². The van der Waals surface area contributed by atoms with Gasteiger partial charge in [0, 0.05) is 52.9 Å². The molecule has 0 saturated carbocycles. The van der Waals surface area contributed by atoms with Gasteiger partial charge in [-0.1, -0.05) is 164 Å². The van der Waals surface area contributed by atoms with Crippen molar-refractivity contribution in [3.05, 3.63) is 222 Å². The number of thioether (sulfide) groups is 2. The molecule has 0 fully saturated rings. The van der Waals surface area contributed by atoms with E-state index in [2.05, 4.69) is 231 Å². The molecule has 6 aromatic carbocycles. The average Bonchev–Trinajstić information content (AvgIpc) is 4.04. The van der Waals surface area contributed by atoms with Crippen molar-refractivity contribution < 1.29 is 47.7 Å². The average molecular weight is 1340 g/mol. The maximum atomic E-state index is 9.43. The predicted molar refractivity (Wildman–Crippen MR) is 358 cm³/mol. The molecule has 0 N–H and O–H groups in total. The largest absolute Gasteiger partial charge is 1.00 e. The van der Waals surface area contributed by atoms with Gasteiger partial charge in [0.1, 0.15) is 23.0 Å². The number of aromatic nitrogens is 2. The van der Waals surface area contributed by atoms with Crippen LogP contribution < -0.4 is 48.2 Å². The Morgan fingerprint density at radius 3 is 2.01 bits per heavy atom. The lowest BCUT2D eigenvalue weighted by Gasteiger charge is -2.34. The Bertz CT molecular complexity index is 3800. The summed E-state index contributed by atoms with van der Waals surface area (Å²) in [4.78, 5) is 8.53. The van der Waals surface area contributed by atoms with E-state index in [9.17, 15) is 5.26 Å². The number of hydrogen-bond donors (Lipinski definition) is 0. The lowest BCUT2D eigenvalue weighted by molar-refractivity contribution is -0.777. The normalized spacial score (nSPS) is 18.4. The number of fused-ring (bicyclic) bond motifs is 4. The van der Waals surface area contributed by atoms with E-state index in [-0.39, 0.29) is 24.0 Å². The molecule has 0 amide bonds. The minimum atomic E-state index is 0. The van der Waals surface area contributed by atoms with Crippen molar-refractivity contribution >= 4 is 96.1 Å². The number of nitrogens with zero attached hydrogens (tertiary/aromatic N) is 4. The van der Waals surface area contributed by atoms with Gasteiger partial charge >= 0.3 is 0 Å². The van der Waals surface area contributed by atoms with E-state index >= 15 is 0 Å². The fourth-order valence-corrected chi connectivity index (χ4v) is 17.6. The summed E-state index contributed by atoms with van der Waals surface area (Å²) >= 11 is 8.64. The van der Waals surface area contributed by atoms with Gasteiger partial charge in [-0.2, -0.15) is 13.5 Å². The minimum absolute atomic E-state index is 0. The number of benzene rings is 6. The van der Waals surface area contributed by atoms with Crippen molar-refractivity contribution in [3.63, 3.8) is 0 Å². The first-order chi connectivity index (χ1) is 40.5. The Balaban J connectivity index is 0.000000171. The van der Waals surface area contributed by atoms with E-state index in [1.165, 1.54) is 132 Å². The number of aryl methyl sites for hydroxylation is 7. The van der Waals surface area contributed by atoms with Gasteiger partial charge in [0.15, 0.2) is 0 Å². The van der Waals surface area contributed by atoms with Gasteiger partial charge in [0.05, 0.1) is 33.5 Å². The first kappa shape index (κ1) is 64.5. The third kappa shape index (κ3) is 16.2. The smallest absolute Gasteiger partial charge is 0.262 e. The van der Waals surface area contributed by atoms with Crippen molar-refractivity contribution in [2.75, 3.05) is 23.4 Å². The third-order valence-electron chi connectivity index (χ3n) is 16.3. The van der Waals surface area contributed by atoms with Crippen molar-refractivity contribution in [1.82, 2.24) is 0 Å². The summed E-state index contributed by atoms with van der Waals surface area (Å²) in [5, 5.41) is 18.2. The van der Waals surface area contributed by atoms with Gasteiger partial charge in [-0.15, -0.1) is 0 Å². The molecule has 85 heavy (non-hydrogen) atoms. The van der Waals surface area contributed by atoms with Crippen LogP contribution in [0.5, 0.6) is 0 Å². The van der Waals surface area contributed by atoms with E-state index in [0.29, 0.717) is 17.3 Å². The number of halogens is 1. The quantitative estimate of drug-likeness (QED) is 0.0267. The molecule has 0 spiro atoms. The molecular weight excluding hydrogens is 1260 g/mol. The molecule has 2 aliphatic carbocycles. The highest BCUT2D eigenvalue weighted by molar-refractivity contribution is 8.04. The van der Waals surface area contributed by atoms with Crippen molar-refractivity contribution in [2.24, 2.45) is 18.4 Å². The van der Waals surface area contributed by atoms with Crippen LogP contribution in [-0.4, -0.2) is 13.6 Å². The molecule has 8 aromatic rings. The maximum Gasteiger partial charge on any atom is 0.262 e. The second-order valence-electron chi connectivity index (χ2n) is 23.9. The lowest BCUT2D eigenvalue weighted by Crippen LogP contribution is -3.00. The molecular formula is C72H81IN4O3S5. The van der Waals surface area contributed by atoms with Gasteiger partial charge in [0.2, 0.25) is 16.0 Å². The highest BCUT2D eigenvalue weighted by Gasteiger charge is 2.33. The highest BCUT2D eigenvalue weighted by atomic mass is 127. The molecule has 0 saturated heterocycles. The van der Waals surface area contributed by atoms with Gasteiger partial charge in [0.25, 0.3) is 5.01 Å². The van der Waals surface area contributed by atoms with E-state index in [1.54, 1.807) is 0 Å². The van der Waals surface area contributed by atoms with Crippen LogP contribution in [0.1, 0.15) is 122 Å². The minimum Gasteiger partial charge on any atom is -1.00 e. The monoisotopic (exact) mass is 1340 g/mol. The molecule has 444 valence electrons. The van der Waals surface area contributed by atoms with Crippen molar-refractivity contribution in [2.45, 2.75) is 141 Å². The number of thiazole rings is 2. The zero-order valence-corrected chi connectivity index (χ0v) is 57.4. The first-order valence-electron chi connectivity index (χ1n) is 29.7. The summed E-state index contributed by atoms with van der Waals surface area (Å²) in [6, 6.07) is 46.0. The highest BCUT2D eigenvalue weighted by Crippen LogP contribution is 2.50. The Morgan fingerprint density at radius 1 is 0.694 bits per heavy atom. The first-order valence-corrected chi connectivity index (χ1v) is 33.7. The van der Waals surface area contributed by atoms with Gasteiger partial charge in [-0.3, -0.25) is 5.04 Å². The van der Waals surface area contributed by atoms with E-state index < -0.39 is 0 Å². The molecule has 7 nitrogen and oxygen atoms in total. The Morgan fingerprint density at radius 2 is 1.32 bits per heavy atom. The van der Waals surface area contributed by atoms with Crippen molar-refractivity contribution in [1.29, 1.82) is 0 Å². The number of rotatable bonds is 14. The third-order valence-corrected chi connectivity index (χ3v) is 21.4. The Labute approximate surface area is 543 Å². The second-order valence-corrected chi connectivity index (χ2v) is 29.0. The summed E-state index contributed by atoms with van der Waals surface area (Å²) in [5.41, 5.74) is 18.0.